The Balaban J connectivity index is 2.19. The standard InChI is InChI=1S/C16H12BrN5/c1-19-15-6-13-14(9-21-15)20-8-10(7-18)16(13)22-12-4-2-3-11(17)5-12/h2-6,8-9H,1H3,(H,19,21)(H,20,22). The fraction of sp³-hybridized carbons (Fsp3) is 0.0625. The molecule has 0 saturated heterocycles. The third-order valence-electron chi connectivity index (χ3n) is 3.22. The number of hydrogen-bond acceptors (Lipinski definition) is 5. The molecule has 0 amide bonds. The van der Waals surface area contributed by atoms with E-state index < -0.39 is 0 Å². The third-order valence-corrected chi connectivity index (χ3v) is 3.72. The van der Waals surface area contributed by atoms with Crippen LogP contribution in [0, 0.1) is 11.3 Å². The van der Waals surface area contributed by atoms with Gasteiger partial charge in [-0.15, -0.1) is 0 Å². The van der Waals surface area contributed by atoms with E-state index in [9.17, 15) is 5.26 Å². The third kappa shape index (κ3) is 2.71. The maximum absolute atomic E-state index is 9.37. The molecule has 2 heterocycles. The first-order valence-electron chi connectivity index (χ1n) is 6.60. The van der Waals surface area contributed by atoms with Gasteiger partial charge in [-0.2, -0.15) is 5.26 Å². The molecule has 6 heteroatoms. The van der Waals surface area contributed by atoms with Crippen LogP contribution >= 0.6 is 15.9 Å². The second kappa shape index (κ2) is 6.00. The second-order valence-corrected chi connectivity index (χ2v) is 5.55. The molecule has 0 aliphatic carbocycles. The topological polar surface area (TPSA) is 73.6 Å². The molecule has 0 fully saturated rings. The molecule has 3 aromatic rings. The Labute approximate surface area is 136 Å². The zero-order chi connectivity index (χ0) is 15.5. The van der Waals surface area contributed by atoms with Crippen molar-refractivity contribution in [2.45, 2.75) is 0 Å². The number of nitrogens with one attached hydrogen (secondary N) is 2. The molecular weight excluding hydrogens is 342 g/mol. The Morgan fingerprint density at radius 1 is 1.18 bits per heavy atom. The molecule has 108 valence electrons. The Morgan fingerprint density at radius 3 is 2.77 bits per heavy atom. The predicted octanol–water partition coefficient (Wildman–Crippen LogP) is 4.05. The molecule has 0 spiro atoms. The van der Waals surface area contributed by atoms with Crippen LogP contribution in [0.3, 0.4) is 0 Å². The van der Waals surface area contributed by atoms with Crippen molar-refractivity contribution in [3.05, 3.63) is 52.8 Å². The molecule has 0 bridgehead atoms. The minimum absolute atomic E-state index is 0.487. The molecule has 5 nitrogen and oxygen atoms in total. The van der Waals surface area contributed by atoms with Gasteiger partial charge in [0.2, 0.25) is 0 Å². The van der Waals surface area contributed by atoms with Crippen molar-refractivity contribution in [3.8, 4) is 6.07 Å². The fourth-order valence-electron chi connectivity index (χ4n) is 2.16. The first-order valence-corrected chi connectivity index (χ1v) is 7.40. The fourth-order valence-corrected chi connectivity index (χ4v) is 2.56. The summed E-state index contributed by atoms with van der Waals surface area (Å²) in [6.07, 6.45) is 3.25. The highest BCUT2D eigenvalue weighted by Crippen LogP contribution is 2.30. The van der Waals surface area contributed by atoms with E-state index in [0.717, 1.165) is 32.6 Å². The van der Waals surface area contributed by atoms with Gasteiger partial charge < -0.3 is 10.6 Å². The van der Waals surface area contributed by atoms with Gasteiger partial charge in [-0.25, -0.2) is 4.98 Å². The lowest BCUT2D eigenvalue weighted by Crippen LogP contribution is -1.99. The first-order chi connectivity index (χ1) is 10.7. The molecule has 22 heavy (non-hydrogen) atoms. The molecule has 0 aliphatic heterocycles. The number of nitrogens with zero attached hydrogens (tertiary/aromatic N) is 3. The van der Waals surface area contributed by atoms with E-state index in [-0.39, 0.29) is 0 Å². The quantitative estimate of drug-likeness (QED) is 0.742. The number of rotatable bonds is 3. The summed E-state index contributed by atoms with van der Waals surface area (Å²) in [5.74, 6) is 0.724. The summed E-state index contributed by atoms with van der Waals surface area (Å²) in [5, 5.41) is 16.5. The maximum Gasteiger partial charge on any atom is 0.126 e. The number of aromatic nitrogens is 2. The van der Waals surface area contributed by atoms with Crippen LogP contribution in [0.5, 0.6) is 0 Å². The summed E-state index contributed by atoms with van der Waals surface area (Å²) in [5.41, 5.74) is 2.84. The van der Waals surface area contributed by atoms with Crippen molar-refractivity contribution >= 4 is 44.0 Å². The van der Waals surface area contributed by atoms with E-state index in [2.05, 4.69) is 42.6 Å². The van der Waals surface area contributed by atoms with Crippen LogP contribution in [0.4, 0.5) is 17.2 Å². The molecule has 0 saturated carbocycles. The number of halogens is 1. The summed E-state index contributed by atoms with van der Waals surface area (Å²) in [6.45, 7) is 0. The van der Waals surface area contributed by atoms with Crippen LogP contribution in [0.15, 0.2) is 47.2 Å². The van der Waals surface area contributed by atoms with E-state index >= 15 is 0 Å². The van der Waals surface area contributed by atoms with Crippen LogP contribution in [-0.4, -0.2) is 17.0 Å². The van der Waals surface area contributed by atoms with Gasteiger partial charge in [-0.1, -0.05) is 22.0 Å². The minimum Gasteiger partial charge on any atom is -0.373 e. The first kappa shape index (κ1) is 14.3. The number of nitriles is 1. The van der Waals surface area contributed by atoms with Crippen LogP contribution < -0.4 is 10.6 Å². The largest absolute Gasteiger partial charge is 0.373 e. The van der Waals surface area contributed by atoms with Crippen molar-refractivity contribution in [3.63, 3.8) is 0 Å². The Morgan fingerprint density at radius 2 is 2.05 bits per heavy atom. The Kier molecular flexibility index (Phi) is 3.90. The van der Waals surface area contributed by atoms with Crippen molar-refractivity contribution in [2.24, 2.45) is 0 Å². The second-order valence-electron chi connectivity index (χ2n) is 4.63. The molecular formula is C16H12BrN5. The Bertz CT molecular complexity index is 885. The lowest BCUT2D eigenvalue weighted by atomic mass is 10.1. The van der Waals surface area contributed by atoms with Crippen molar-refractivity contribution in [1.82, 2.24) is 9.97 Å². The molecule has 0 aliphatic rings. The smallest absolute Gasteiger partial charge is 0.126 e. The molecule has 2 N–H and O–H groups in total. The van der Waals surface area contributed by atoms with Crippen LogP contribution in [0.2, 0.25) is 0 Å². The van der Waals surface area contributed by atoms with Gasteiger partial charge in [-0.3, -0.25) is 4.98 Å². The monoisotopic (exact) mass is 353 g/mol. The summed E-state index contributed by atoms with van der Waals surface area (Å²) in [6, 6.07) is 11.8. The Hall–Kier alpha value is -2.65. The molecule has 0 unspecified atom stereocenters. The van der Waals surface area contributed by atoms with Crippen molar-refractivity contribution in [1.29, 1.82) is 5.26 Å². The van der Waals surface area contributed by atoms with Gasteiger partial charge in [0, 0.05) is 28.8 Å². The highest BCUT2D eigenvalue weighted by molar-refractivity contribution is 9.10. The zero-order valence-electron chi connectivity index (χ0n) is 11.8. The summed E-state index contributed by atoms with van der Waals surface area (Å²) in [7, 11) is 1.80. The van der Waals surface area contributed by atoms with E-state index in [1.54, 1.807) is 19.4 Å². The average molecular weight is 354 g/mol. The SMILES string of the molecule is CNc1cc2c(Nc3cccc(Br)c3)c(C#N)cnc2cn1. The molecule has 2 aromatic heterocycles. The van der Waals surface area contributed by atoms with Crippen LogP contribution in [0.1, 0.15) is 5.56 Å². The average Bonchev–Trinajstić information content (AvgIpc) is 2.55. The van der Waals surface area contributed by atoms with E-state index in [1.807, 2.05) is 30.3 Å². The van der Waals surface area contributed by atoms with E-state index in [4.69, 9.17) is 0 Å². The van der Waals surface area contributed by atoms with Gasteiger partial charge >= 0.3 is 0 Å². The van der Waals surface area contributed by atoms with Gasteiger partial charge in [-0.05, 0) is 24.3 Å². The maximum atomic E-state index is 9.37. The molecule has 1 aromatic carbocycles. The molecule has 0 radical (unpaired) electrons. The summed E-state index contributed by atoms with van der Waals surface area (Å²) >= 11 is 3.45. The number of benzene rings is 1. The lowest BCUT2D eigenvalue weighted by Gasteiger charge is -2.12. The van der Waals surface area contributed by atoms with Gasteiger partial charge in [0.05, 0.1) is 23.0 Å². The number of hydrogen-bond donors (Lipinski definition) is 2. The normalized spacial score (nSPS) is 10.2. The highest BCUT2D eigenvalue weighted by atomic mass is 79.9. The van der Waals surface area contributed by atoms with Crippen molar-refractivity contribution in [2.75, 3.05) is 17.7 Å². The predicted molar refractivity (Wildman–Crippen MR) is 91.2 cm³/mol. The van der Waals surface area contributed by atoms with Gasteiger partial charge in [0.1, 0.15) is 11.9 Å². The zero-order valence-corrected chi connectivity index (χ0v) is 13.3. The lowest BCUT2D eigenvalue weighted by molar-refractivity contribution is 1.27. The van der Waals surface area contributed by atoms with Crippen molar-refractivity contribution < 1.29 is 0 Å². The number of anilines is 3. The molecule has 0 atom stereocenters. The van der Waals surface area contributed by atoms with Crippen LogP contribution in [-0.2, 0) is 0 Å². The van der Waals surface area contributed by atoms with Crippen LogP contribution in [0.25, 0.3) is 10.9 Å². The summed E-state index contributed by atoms with van der Waals surface area (Å²) in [4.78, 5) is 8.54. The number of pyridine rings is 2. The van der Waals surface area contributed by atoms with E-state index in [1.165, 1.54) is 0 Å². The highest BCUT2D eigenvalue weighted by Gasteiger charge is 2.10. The van der Waals surface area contributed by atoms with Gasteiger partial charge in [0.25, 0.3) is 0 Å². The minimum atomic E-state index is 0.487. The van der Waals surface area contributed by atoms with Gasteiger partial charge in [0.15, 0.2) is 0 Å². The summed E-state index contributed by atoms with van der Waals surface area (Å²) < 4.78 is 0.965. The molecule has 3 rings (SSSR count). The van der Waals surface area contributed by atoms with E-state index in [0.29, 0.717) is 5.56 Å². The number of fused-ring (bicyclic) bond motifs is 1.